The number of hydrogen-bond acceptors (Lipinski definition) is 3. The van der Waals surface area contributed by atoms with Crippen LogP contribution in [0.3, 0.4) is 0 Å². The molecule has 1 heterocycles. The minimum absolute atomic E-state index is 0. The van der Waals surface area contributed by atoms with Crippen molar-refractivity contribution in [2.75, 3.05) is 13.4 Å². The van der Waals surface area contributed by atoms with Gasteiger partial charge < -0.3 is 0 Å². The number of nitrogens with one attached hydrogen (secondary N) is 2. The van der Waals surface area contributed by atoms with Gasteiger partial charge in [-0.25, -0.2) is 0 Å². The van der Waals surface area contributed by atoms with Gasteiger partial charge in [0.15, 0.2) is 0 Å². The Bertz CT molecular complexity index is 23.1. The third kappa shape index (κ3) is 0.576. The van der Waals surface area contributed by atoms with Crippen LogP contribution in [0.15, 0.2) is 0 Å². The van der Waals surface area contributed by atoms with Gasteiger partial charge in [0.2, 0.25) is 0 Å². The van der Waals surface area contributed by atoms with E-state index in [1.807, 2.05) is 0 Å². The summed E-state index contributed by atoms with van der Waals surface area (Å²) in [5.41, 5.74) is 2.61. The quantitative estimate of drug-likeness (QED) is 0.393. The molecule has 0 aromatic heterocycles. The smallest absolute Gasteiger partial charge is 0.285 e. The lowest BCUT2D eigenvalue weighted by atomic mass is 11.1. The number of hydrogen-bond donors (Lipinski definition) is 2. The van der Waals surface area contributed by atoms with Crippen LogP contribution in [0.25, 0.3) is 0 Å². The molecule has 5 heavy (non-hydrogen) atoms. The molecule has 0 saturated carbocycles. The molecule has 1 saturated heterocycles. The van der Waals surface area contributed by atoms with E-state index in [4.69, 9.17) is 0 Å². The van der Waals surface area contributed by atoms with Crippen LogP contribution < -0.4 is 10.8 Å². The Labute approximate surface area is 31.8 Å². The van der Waals surface area contributed by atoms with Crippen molar-refractivity contribution in [3.8, 4) is 0 Å². The minimum Gasteiger partial charge on any atom is -0.285 e. The summed E-state index contributed by atoms with van der Waals surface area (Å²) in [5, 5.41) is 2.89. The van der Waals surface area contributed by atoms with Crippen LogP contribution in [0.4, 0.5) is 0 Å². The van der Waals surface area contributed by atoms with Crippen molar-refractivity contribution in [1.82, 2.24) is 10.8 Å². The van der Waals surface area contributed by atoms with Crippen LogP contribution in [0.1, 0.15) is 1.43 Å². The molecule has 30 valence electrons. The summed E-state index contributed by atoms with van der Waals surface area (Å²) in [7, 11) is 0. The van der Waals surface area contributed by atoms with Crippen molar-refractivity contribution in [3.63, 3.8) is 0 Å². The van der Waals surface area contributed by atoms with Gasteiger partial charge in [-0.3, -0.25) is 10.2 Å². The lowest BCUT2D eigenvalue weighted by Crippen LogP contribution is -2.10. The first kappa shape index (κ1) is 3.08. The normalized spacial score (nSPS) is 24.0. The average molecular weight is 75.1 g/mol. The summed E-state index contributed by atoms with van der Waals surface area (Å²) in [4.78, 5) is 4.58. The van der Waals surface area contributed by atoms with E-state index in [2.05, 4.69) is 15.6 Å². The van der Waals surface area contributed by atoms with Crippen molar-refractivity contribution >= 4 is 0 Å². The monoisotopic (exact) mass is 75.1 g/mol. The molecule has 1 aliphatic rings. The summed E-state index contributed by atoms with van der Waals surface area (Å²) >= 11 is 0. The predicted octanol–water partition coefficient (Wildman–Crippen LogP) is -0.862. The summed E-state index contributed by atoms with van der Waals surface area (Å²) < 4.78 is 0. The van der Waals surface area contributed by atoms with Crippen molar-refractivity contribution in [1.29, 1.82) is 0 Å². The Balaban J connectivity index is 0.000000250. The highest BCUT2D eigenvalue weighted by atomic mass is 16.7. The zero-order valence-electron chi connectivity index (χ0n) is 3.82. The molecule has 2 N–H and O–H groups in total. The average Bonchev–Trinajstić information content (AvgIpc) is 1.76. The molecule has 0 aromatic rings. The maximum absolute atomic E-state index is 4.58. The highest BCUT2D eigenvalue weighted by Crippen LogP contribution is 1.65. The largest absolute Gasteiger partial charge is 1.00 e. The summed E-state index contributed by atoms with van der Waals surface area (Å²) in [6.07, 6.45) is 0. The van der Waals surface area contributed by atoms with Gasteiger partial charge in [0.1, 0.15) is 6.73 Å². The van der Waals surface area contributed by atoms with E-state index in [1.54, 1.807) is 0 Å². The first-order chi connectivity index (χ1) is 2.50. The van der Waals surface area contributed by atoms with Crippen LogP contribution in [0.5, 0.6) is 0 Å². The fraction of sp³-hybridized carbons (Fsp3) is 1.00. The lowest BCUT2D eigenvalue weighted by Gasteiger charge is -1.77. The molecule has 1 rings (SSSR count). The SMILES string of the molecule is C1NCON1.[H+]. The van der Waals surface area contributed by atoms with Gasteiger partial charge in [-0.05, 0) is 0 Å². The molecule has 0 unspecified atom stereocenters. The molecule has 0 atom stereocenters. The van der Waals surface area contributed by atoms with Crippen LogP contribution in [0.2, 0.25) is 0 Å². The van der Waals surface area contributed by atoms with Gasteiger partial charge in [-0.1, -0.05) is 0 Å². The Morgan fingerprint density at radius 1 is 1.80 bits per heavy atom. The number of rotatable bonds is 0. The summed E-state index contributed by atoms with van der Waals surface area (Å²) in [6, 6.07) is 0. The molecule has 0 bridgehead atoms. The second-order valence-corrected chi connectivity index (χ2v) is 0.860. The summed E-state index contributed by atoms with van der Waals surface area (Å²) in [5.74, 6) is 0. The van der Waals surface area contributed by atoms with Crippen LogP contribution >= 0.6 is 0 Å². The molecule has 3 nitrogen and oxygen atoms in total. The van der Waals surface area contributed by atoms with E-state index in [-0.39, 0.29) is 1.43 Å². The van der Waals surface area contributed by atoms with E-state index in [0.717, 1.165) is 6.67 Å². The Morgan fingerprint density at radius 2 is 2.80 bits per heavy atom. The van der Waals surface area contributed by atoms with Crippen molar-refractivity contribution in [3.05, 3.63) is 0 Å². The summed E-state index contributed by atoms with van der Waals surface area (Å²) in [6.45, 7) is 1.42. The third-order valence-electron chi connectivity index (χ3n) is 0.473. The molecular formula is C2H7N2O+. The van der Waals surface area contributed by atoms with Crippen molar-refractivity contribution in [2.24, 2.45) is 0 Å². The van der Waals surface area contributed by atoms with Gasteiger partial charge in [-0.15, -0.1) is 0 Å². The fourth-order valence-electron chi connectivity index (χ4n) is 0.255. The van der Waals surface area contributed by atoms with E-state index >= 15 is 0 Å². The highest BCUT2D eigenvalue weighted by molar-refractivity contribution is 4.32. The molecule has 3 heteroatoms. The first-order valence-corrected chi connectivity index (χ1v) is 1.55. The zero-order chi connectivity index (χ0) is 3.54. The highest BCUT2D eigenvalue weighted by Gasteiger charge is 1.90. The van der Waals surface area contributed by atoms with Gasteiger partial charge in [0, 0.05) is 0 Å². The lowest BCUT2D eigenvalue weighted by molar-refractivity contribution is 0.0999. The third-order valence-corrected chi connectivity index (χ3v) is 0.473. The fourth-order valence-corrected chi connectivity index (χ4v) is 0.255. The van der Waals surface area contributed by atoms with E-state index in [0.29, 0.717) is 6.73 Å². The van der Waals surface area contributed by atoms with Crippen LogP contribution in [0, 0.1) is 0 Å². The minimum atomic E-state index is 0. The maximum Gasteiger partial charge on any atom is 1.00 e. The molecule has 0 amide bonds. The van der Waals surface area contributed by atoms with E-state index in [1.165, 1.54) is 0 Å². The second-order valence-electron chi connectivity index (χ2n) is 0.860. The zero-order valence-corrected chi connectivity index (χ0v) is 2.82. The molecule has 1 fully saturated rings. The van der Waals surface area contributed by atoms with Gasteiger partial charge in [0.25, 0.3) is 0 Å². The molecule has 0 aliphatic carbocycles. The molecule has 0 spiro atoms. The standard InChI is InChI=1S/C2H6N2O/c1-3-2-5-4-1/h3-4H,1-2H2/p+1. The van der Waals surface area contributed by atoms with Gasteiger partial charge in [-0.2, -0.15) is 5.48 Å². The van der Waals surface area contributed by atoms with Gasteiger partial charge in [0.05, 0.1) is 6.67 Å². The Morgan fingerprint density at radius 3 is 3.00 bits per heavy atom. The van der Waals surface area contributed by atoms with E-state index in [9.17, 15) is 0 Å². The number of hydroxylamine groups is 1. The Hall–Kier alpha value is -0.120. The maximum atomic E-state index is 4.58. The topological polar surface area (TPSA) is 33.3 Å². The van der Waals surface area contributed by atoms with E-state index < -0.39 is 0 Å². The molecular weight excluding hydrogens is 68.0 g/mol. The van der Waals surface area contributed by atoms with Gasteiger partial charge >= 0.3 is 1.43 Å². The first-order valence-electron chi connectivity index (χ1n) is 1.55. The Kier molecular flexibility index (Phi) is 0.834. The van der Waals surface area contributed by atoms with Crippen molar-refractivity contribution < 1.29 is 6.26 Å². The predicted molar refractivity (Wildman–Crippen MR) is 18.2 cm³/mol. The molecule has 1 aliphatic heterocycles. The van der Waals surface area contributed by atoms with Crippen molar-refractivity contribution in [2.45, 2.75) is 0 Å². The second kappa shape index (κ2) is 1.35. The van der Waals surface area contributed by atoms with Crippen LogP contribution in [-0.2, 0) is 4.84 Å². The van der Waals surface area contributed by atoms with Crippen LogP contribution in [-0.4, -0.2) is 13.4 Å². The molecule has 0 radical (unpaired) electrons. The molecule has 0 aromatic carbocycles.